The van der Waals surface area contributed by atoms with Crippen LogP contribution in [0.5, 0.6) is 5.75 Å². The molecule has 5 heteroatoms. The molecule has 0 bridgehead atoms. The molecule has 0 heterocycles. The molecule has 0 aliphatic heterocycles. The van der Waals surface area contributed by atoms with Crippen LogP contribution in [-0.2, 0) is 0 Å². The number of phenols is 1. The summed E-state index contributed by atoms with van der Waals surface area (Å²) in [5, 5.41) is 9.35. The predicted molar refractivity (Wildman–Crippen MR) is 57.4 cm³/mol. The maximum absolute atomic E-state index is 12.8. The Morgan fingerprint density at radius 2 is 2.14 bits per heavy atom. The Morgan fingerprint density at radius 3 is 2.64 bits per heavy atom. The van der Waals surface area contributed by atoms with Crippen LogP contribution in [0.2, 0.25) is 5.02 Å². The molecule has 1 aromatic rings. The fourth-order valence-electron chi connectivity index (χ4n) is 0.967. The van der Waals surface area contributed by atoms with Crippen molar-refractivity contribution in [2.75, 3.05) is 0 Å². The second-order valence-corrected chi connectivity index (χ2v) is 2.99. The minimum absolute atomic E-state index is 0. The van der Waals surface area contributed by atoms with Crippen molar-refractivity contribution in [2.24, 2.45) is 5.73 Å². The van der Waals surface area contributed by atoms with Crippen molar-refractivity contribution in [1.29, 1.82) is 0 Å². The second kappa shape index (κ2) is 5.20. The van der Waals surface area contributed by atoms with E-state index in [2.05, 4.69) is 6.58 Å². The highest BCUT2D eigenvalue weighted by Gasteiger charge is 2.12. The van der Waals surface area contributed by atoms with E-state index in [9.17, 15) is 9.50 Å². The predicted octanol–water partition coefficient (Wildman–Crippen LogP) is 2.79. The highest BCUT2D eigenvalue weighted by molar-refractivity contribution is 6.32. The molecule has 0 aromatic heterocycles. The molecule has 0 saturated heterocycles. The van der Waals surface area contributed by atoms with Crippen molar-refractivity contribution in [3.05, 3.63) is 41.2 Å². The van der Waals surface area contributed by atoms with E-state index in [0.29, 0.717) is 0 Å². The minimum atomic E-state index is -0.617. The van der Waals surface area contributed by atoms with Crippen LogP contribution in [-0.4, -0.2) is 5.11 Å². The van der Waals surface area contributed by atoms with Gasteiger partial charge in [0.25, 0.3) is 0 Å². The SMILES string of the molecule is C=C[C@H](N)c1cc(F)cc(Cl)c1O.Cl. The summed E-state index contributed by atoms with van der Waals surface area (Å²) in [5.41, 5.74) is 5.77. The Kier molecular flexibility index (Phi) is 4.91. The lowest BCUT2D eigenvalue weighted by Gasteiger charge is -2.10. The first kappa shape index (κ1) is 13.2. The molecule has 78 valence electrons. The van der Waals surface area contributed by atoms with Crippen LogP contribution in [0.3, 0.4) is 0 Å². The summed E-state index contributed by atoms with van der Waals surface area (Å²) in [6.45, 7) is 3.44. The molecule has 0 unspecified atom stereocenters. The van der Waals surface area contributed by atoms with Gasteiger partial charge in [0.15, 0.2) is 0 Å². The van der Waals surface area contributed by atoms with Crippen molar-refractivity contribution < 1.29 is 9.50 Å². The number of benzene rings is 1. The van der Waals surface area contributed by atoms with Gasteiger partial charge in [-0.1, -0.05) is 17.7 Å². The Morgan fingerprint density at radius 1 is 1.57 bits per heavy atom. The van der Waals surface area contributed by atoms with Crippen molar-refractivity contribution in [3.63, 3.8) is 0 Å². The van der Waals surface area contributed by atoms with E-state index < -0.39 is 11.9 Å². The van der Waals surface area contributed by atoms with Gasteiger partial charge in [-0.05, 0) is 12.1 Å². The van der Waals surface area contributed by atoms with E-state index in [4.69, 9.17) is 17.3 Å². The summed E-state index contributed by atoms with van der Waals surface area (Å²) in [6.07, 6.45) is 1.39. The maximum Gasteiger partial charge on any atom is 0.139 e. The van der Waals surface area contributed by atoms with Crippen LogP contribution in [0.25, 0.3) is 0 Å². The molecule has 14 heavy (non-hydrogen) atoms. The number of rotatable bonds is 2. The topological polar surface area (TPSA) is 46.2 Å². The zero-order valence-corrected chi connectivity index (χ0v) is 8.78. The van der Waals surface area contributed by atoms with Gasteiger partial charge in [0, 0.05) is 5.56 Å². The zero-order chi connectivity index (χ0) is 10.0. The molecular formula is C9H10Cl2FNO. The van der Waals surface area contributed by atoms with E-state index in [1.54, 1.807) is 0 Å². The van der Waals surface area contributed by atoms with Crippen molar-refractivity contribution in [1.82, 2.24) is 0 Å². The molecule has 0 aliphatic carbocycles. The van der Waals surface area contributed by atoms with Gasteiger partial charge in [0.2, 0.25) is 0 Å². The zero-order valence-electron chi connectivity index (χ0n) is 7.21. The van der Waals surface area contributed by atoms with Gasteiger partial charge in [0.05, 0.1) is 11.1 Å². The van der Waals surface area contributed by atoms with Crippen LogP contribution < -0.4 is 5.73 Å². The lowest BCUT2D eigenvalue weighted by molar-refractivity contribution is 0.463. The fraction of sp³-hybridized carbons (Fsp3) is 0.111. The molecule has 0 amide bonds. The molecule has 1 rings (SSSR count). The molecule has 0 aliphatic rings. The number of nitrogens with two attached hydrogens (primary N) is 1. The van der Waals surface area contributed by atoms with Gasteiger partial charge in [-0.3, -0.25) is 0 Å². The average molecular weight is 238 g/mol. The summed E-state index contributed by atoms with van der Waals surface area (Å²) in [6, 6.07) is 1.54. The molecule has 0 saturated carbocycles. The molecular weight excluding hydrogens is 228 g/mol. The molecule has 1 aromatic carbocycles. The van der Waals surface area contributed by atoms with Crippen LogP contribution in [0, 0.1) is 5.82 Å². The fourth-order valence-corrected chi connectivity index (χ4v) is 1.18. The molecule has 2 nitrogen and oxygen atoms in total. The van der Waals surface area contributed by atoms with Gasteiger partial charge < -0.3 is 10.8 Å². The Labute approximate surface area is 92.6 Å². The highest BCUT2D eigenvalue weighted by atomic mass is 35.5. The largest absolute Gasteiger partial charge is 0.506 e. The van der Waals surface area contributed by atoms with E-state index in [1.807, 2.05) is 0 Å². The average Bonchev–Trinajstić information content (AvgIpc) is 2.10. The van der Waals surface area contributed by atoms with Crippen molar-refractivity contribution >= 4 is 24.0 Å². The number of phenolic OH excluding ortho intramolecular Hbond substituents is 1. The standard InChI is InChI=1S/C9H9ClFNO.ClH/c1-2-8(12)6-3-5(11)4-7(10)9(6)13;/h2-4,8,13H,1,12H2;1H/t8-;/m0./s1. The summed E-state index contributed by atoms with van der Waals surface area (Å²) in [5.74, 6) is -0.731. The molecule has 0 radical (unpaired) electrons. The third kappa shape index (κ3) is 2.61. The quantitative estimate of drug-likeness (QED) is 0.778. The third-order valence-corrected chi connectivity index (χ3v) is 1.96. The number of aromatic hydroxyl groups is 1. The third-order valence-electron chi connectivity index (χ3n) is 1.67. The van der Waals surface area contributed by atoms with Crippen molar-refractivity contribution in [3.8, 4) is 5.75 Å². The van der Waals surface area contributed by atoms with Crippen LogP contribution in [0.4, 0.5) is 4.39 Å². The summed E-state index contributed by atoms with van der Waals surface area (Å²) in [4.78, 5) is 0. The molecule has 0 fully saturated rings. The van der Waals surface area contributed by atoms with Crippen LogP contribution in [0.1, 0.15) is 11.6 Å². The smallest absolute Gasteiger partial charge is 0.139 e. The monoisotopic (exact) mass is 237 g/mol. The highest BCUT2D eigenvalue weighted by Crippen LogP contribution is 2.31. The summed E-state index contributed by atoms with van der Waals surface area (Å²) < 4.78 is 12.8. The number of hydrogen-bond acceptors (Lipinski definition) is 2. The number of hydrogen-bond donors (Lipinski definition) is 2. The lowest BCUT2D eigenvalue weighted by atomic mass is 10.1. The Hall–Kier alpha value is -0.770. The molecule has 0 spiro atoms. The first-order valence-corrected chi connectivity index (χ1v) is 4.00. The van der Waals surface area contributed by atoms with Gasteiger partial charge in [0.1, 0.15) is 11.6 Å². The van der Waals surface area contributed by atoms with E-state index >= 15 is 0 Å². The first-order chi connectivity index (χ1) is 6.06. The van der Waals surface area contributed by atoms with E-state index in [1.165, 1.54) is 6.08 Å². The van der Waals surface area contributed by atoms with Crippen LogP contribution in [0.15, 0.2) is 24.8 Å². The van der Waals surface area contributed by atoms with E-state index in [0.717, 1.165) is 12.1 Å². The van der Waals surface area contributed by atoms with Crippen molar-refractivity contribution in [2.45, 2.75) is 6.04 Å². The second-order valence-electron chi connectivity index (χ2n) is 2.59. The first-order valence-electron chi connectivity index (χ1n) is 3.62. The van der Waals surface area contributed by atoms with Gasteiger partial charge in [-0.25, -0.2) is 4.39 Å². The Bertz CT molecular complexity index is 344. The minimum Gasteiger partial charge on any atom is -0.506 e. The maximum atomic E-state index is 12.8. The van der Waals surface area contributed by atoms with Gasteiger partial charge >= 0.3 is 0 Å². The lowest BCUT2D eigenvalue weighted by Crippen LogP contribution is -2.07. The van der Waals surface area contributed by atoms with Gasteiger partial charge in [-0.2, -0.15) is 0 Å². The number of halogens is 3. The van der Waals surface area contributed by atoms with Gasteiger partial charge in [-0.15, -0.1) is 19.0 Å². The Balaban J connectivity index is 0.00000169. The normalized spacial score (nSPS) is 11.6. The van der Waals surface area contributed by atoms with E-state index in [-0.39, 0.29) is 28.7 Å². The van der Waals surface area contributed by atoms with Crippen LogP contribution >= 0.6 is 24.0 Å². The summed E-state index contributed by atoms with van der Waals surface area (Å²) >= 11 is 5.54. The molecule has 1 atom stereocenters. The summed E-state index contributed by atoms with van der Waals surface area (Å²) in [7, 11) is 0. The molecule has 3 N–H and O–H groups in total.